The quantitative estimate of drug-likeness (QED) is 0.194. The first-order chi connectivity index (χ1) is 22.8. The Balaban J connectivity index is 1.25. The van der Waals surface area contributed by atoms with E-state index < -0.39 is 0 Å². The van der Waals surface area contributed by atoms with Crippen molar-refractivity contribution in [2.45, 2.75) is 13.3 Å². The topological polar surface area (TPSA) is 38.7 Å². The van der Waals surface area contributed by atoms with Crippen molar-refractivity contribution in [1.29, 1.82) is 0 Å². The number of aromatic nitrogens is 3. The van der Waals surface area contributed by atoms with E-state index >= 15 is 0 Å². The number of benzene rings is 7. The number of nitrogens with zero attached hydrogens (tertiary/aromatic N) is 3. The zero-order chi connectivity index (χ0) is 30.9. The predicted octanol–water partition coefficient (Wildman–Crippen LogP) is 11.1. The van der Waals surface area contributed by atoms with Gasteiger partial charge in [-0.1, -0.05) is 159 Å². The maximum absolute atomic E-state index is 5.12. The molecule has 0 bridgehead atoms. The Hall–Kier alpha value is -5.93. The van der Waals surface area contributed by atoms with Gasteiger partial charge in [-0.25, -0.2) is 15.0 Å². The molecule has 0 saturated heterocycles. The fourth-order valence-electron chi connectivity index (χ4n) is 6.46. The van der Waals surface area contributed by atoms with E-state index in [9.17, 15) is 0 Å². The average molecular weight is 590 g/mol. The summed E-state index contributed by atoms with van der Waals surface area (Å²) in [5, 5.41) is 4.87. The molecule has 0 aliphatic rings. The summed E-state index contributed by atoms with van der Waals surface area (Å²) >= 11 is 0. The minimum atomic E-state index is 0.682. The Morgan fingerprint density at radius 1 is 0.370 bits per heavy atom. The van der Waals surface area contributed by atoms with Crippen LogP contribution in [0.5, 0.6) is 0 Å². The van der Waals surface area contributed by atoms with E-state index in [1.165, 1.54) is 43.8 Å². The number of hydrogen-bond acceptors (Lipinski definition) is 3. The van der Waals surface area contributed by atoms with Crippen molar-refractivity contribution in [3.8, 4) is 56.2 Å². The van der Waals surface area contributed by atoms with Crippen LogP contribution in [0.15, 0.2) is 158 Å². The van der Waals surface area contributed by atoms with Crippen molar-refractivity contribution >= 4 is 21.5 Å². The number of hydrogen-bond donors (Lipinski definition) is 0. The minimum absolute atomic E-state index is 0.682. The second kappa shape index (κ2) is 11.9. The van der Waals surface area contributed by atoms with Gasteiger partial charge >= 0.3 is 0 Å². The highest BCUT2D eigenvalue weighted by molar-refractivity contribution is 6.05. The molecule has 8 aromatic rings. The molecule has 8 rings (SSSR count). The van der Waals surface area contributed by atoms with E-state index in [1.54, 1.807) is 0 Å². The molecule has 0 radical (unpaired) electrons. The number of rotatable bonds is 6. The summed E-state index contributed by atoms with van der Waals surface area (Å²) < 4.78 is 0. The standard InChI is InChI=1S/C43H31N3/c1-2-41-44-42(46-43(45-41)40-22-9-8-21-39(40)37-25-11-17-30-16-6-7-20-33(30)37)32-19-10-18-31(28-32)35-24-13-26-36-34(23-12-27-38(35)36)29-14-4-3-5-15-29/h3-28H,2H2,1H3. The van der Waals surface area contributed by atoms with E-state index in [2.05, 4.69) is 165 Å². The summed E-state index contributed by atoms with van der Waals surface area (Å²) in [6.45, 7) is 2.09. The second-order valence-corrected chi connectivity index (χ2v) is 11.5. The highest BCUT2D eigenvalue weighted by Crippen LogP contribution is 2.37. The van der Waals surface area contributed by atoms with Crippen LogP contribution in [0.4, 0.5) is 0 Å². The van der Waals surface area contributed by atoms with Gasteiger partial charge < -0.3 is 0 Å². The van der Waals surface area contributed by atoms with Gasteiger partial charge in [0.2, 0.25) is 0 Å². The SMILES string of the molecule is CCc1nc(-c2cccc(-c3cccc4c(-c5ccccc5)cccc34)c2)nc(-c2ccccc2-c2cccc3ccccc23)n1. The molecule has 0 spiro atoms. The summed E-state index contributed by atoms with van der Waals surface area (Å²) in [6, 6.07) is 55.7. The van der Waals surface area contributed by atoms with Crippen molar-refractivity contribution < 1.29 is 0 Å². The zero-order valence-corrected chi connectivity index (χ0v) is 25.6. The van der Waals surface area contributed by atoms with Gasteiger partial charge in [0.1, 0.15) is 5.82 Å². The lowest BCUT2D eigenvalue weighted by Crippen LogP contribution is -2.03. The van der Waals surface area contributed by atoms with Gasteiger partial charge in [0.05, 0.1) is 0 Å². The Labute approximate surface area is 268 Å². The lowest BCUT2D eigenvalue weighted by molar-refractivity contribution is 0.910. The second-order valence-electron chi connectivity index (χ2n) is 11.5. The highest BCUT2D eigenvalue weighted by Gasteiger charge is 2.16. The lowest BCUT2D eigenvalue weighted by atomic mass is 9.92. The molecule has 0 saturated carbocycles. The van der Waals surface area contributed by atoms with Crippen LogP contribution in [0.25, 0.3) is 77.7 Å². The van der Waals surface area contributed by atoms with Crippen LogP contribution in [0.2, 0.25) is 0 Å². The van der Waals surface area contributed by atoms with Crippen LogP contribution in [0.3, 0.4) is 0 Å². The van der Waals surface area contributed by atoms with E-state index in [-0.39, 0.29) is 0 Å². The van der Waals surface area contributed by atoms with Crippen molar-refractivity contribution in [2.24, 2.45) is 0 Å². The molecule has 3 heteroatoms. The molecule has 3 nitrogen and oxygen atoms in total. The Bertz CT molecular complexity index is 2350. The van der Waals surface area contributed by atoms with Gasteiger partial charge in [-0.05, 0) is 61.0 Å². The fourth-order valence-corrected chi connectivity index (χ4v) is 6.46. The summed E-state index contributed by atoms with van der Waals surface area (Å²) in [4.78, 5) is 15.0. The Morgan fingerprint density at radius 3 is 1.70 bits per heavy atom. The summed E-state index contributed by atoms with van der Waals surface area (Å²) in [5.74, 6) is 2.14. The first-order valence-electron chi connectivity index (χ1n) is 15.8. The van der Waals surface area contributed by atoms with Crippen LogP contribution < -0.4 is 0 Å². The van der Waals surface area contributed by atoms with Gasteiger partial charge in [-0.3, -0.25) is 0 Å². The molecule has 0 aliphatic heterocycles. The Morgan fingerprint density at radius 2 is 0.891 bits per heavy atom. The smallest absolute Gasteiger partial charge is 0.164 e. The highest BCUT2D eigenvalue weighted by atomic mass is 15.0. The van der Waals surface area contributed by atoms with Crippen LogP contribution in [0, 0.1) is 0 Å². The maximum Gasteiger partial charge on any atom is 0.164 e. The van der Waals surface area contributed by atoms with E-state index in [0.29, 0.717) is 18.1 Å². The van der Waals surface area contributed by atoms with Gasteiger partial charge in [-0.15, -0.1) is 0 Å². The summed E-state index contributed by atoms with van der Waals surface area (Å²) in [5.41, 5.74) is 9.00. The van der Waals surface area contributed by atoms with Crippen molar-refractivity contribution in [3.05, 3.63) is 164 Å². The van der Waals surface area contributed by atoms with Gasteiger partial charge in [0.25, 0.3) is 0 Å². The summed E-state index contributed by atoms with van der Waals surface area (Å²) in [7, 11) is 0. The molecule has 0 amide bonds. The third-order valence-electron chi connectivity index (χ3n) is 8.68. The largest absolute Gasteiger partial charge is 0.213 e. The van der Waals surface area contributed by atoms with E-state index in [4.69, 9.17) is 15.0 Å². The summed E-state index contributed by atoms with van der Waals surface area (Å²) in [6.07, 6.45) is 0.713. The normalized spacial score (nSPS) is 11.2. The number of aryl methyl sites for hydroxylation is 1. The molecule has 1 heterocycles. The molecule has 218 valence electrons. The van der Waals surface area contributed by atoms with E-state index in [1.807, 2.05) is 0 Å². The third kappa shape index (κ3) is 5.02. The molecule has 0 atom stereocenters. The molecule has 0 N–H and O–H groups in total. The first-order valence-corrected chi connectivity index (χ1v) is 15.8. The molecule has 0 fully saturated rings. The molecule has 0 aliphatic carbocycles. The molecule has 0 unspecified atom stereocenters. The molecule has 46 heavy (non-hydrogen) atoms. The van der Waals surface area contributed by atoms with Crippen molar-refractivity contribution in [1.82, 2.24) is 15.0 Å². The van der Waals surface area contributed by atoms with Crippen LogP contribution in [-0.4, -0.2) is 15.0 Å². The van der Waals surface area contributed by atoms with Gasteiger partial charge in [-0.2, -0.15) is 0 Å². The average Bonchev–Trinajstić information content (AvgIpc) is 3.14. The molecular formula is C43H31N3. The van der Waals surface area contributed by atoms with Gasteiger partial charge in [0, 0.05) is 17.5 Å². The maximum atomic E-state index is 5.12. The van der Waals surface area contributed by atoms with Crippen LogP contribution in [0.1, 0.15) is 12.7 Å². The monoisotopic (exact) mass is 589 g/mol. The van der Waals surface area contributed by atoms with E-state index in [0.717, 1.165) is 28.1 Å². The predicted molar refractivity (Wildman–Crippen MR) is 191 cm³/mol. The number of fused-ring (bicyclic) bond motifs is 2. The van der Waals surface area contributed by atoms with Crippen molar-refractivity contribution in [3.63, 3.8) is 0 Å². The lowest BCUT2D eigenvalue weighted by Gasteiger charge is -2.14. The molecule has 7 aromatic carbocycles. The molecule has 1 aromatic heterocycles. The van der Waals surface area contributed by atoms with Gasteiger partial charge in [0.15, 0.2) is 11.6 Å². The van der Waals surface area contributed by atoms with Crippen LogP contribution >= 0.6 is 0 Å². The third-order valence-corrected chi connectivity index (χ3v) is 8.68. The fraction of sp³-hybridized carbons (Fsp3) is 0.0465. The Kier molecular flexibility index (Phi) is 7.12. The zero-order valence-electron chi connectivity index (χ0n) is 25.6. The minimum Gasteiger partial charge on any atom is -0.213 e. The van der Waals surface area contributed by atoms with Crippen molar-refractivity contribution in [2.75, 3.05) is 0 Å². The van der Waals surface area contributed by atoms with Crippen LogP contribution in [-0.2, 0) is 6.42 Å². The molecular weight excluding hydrogens is 558 g/mol. The first kappa shape index (κ1) is 27.6.